The first-order chi connectivity index (χ1) is 9.18. The fourth-order valence-corrected chi connectivity index (χ4v) is 2.60. The maximum Gasteiger partial charge on any atom is 0.178 e. The van der Waals surface area contributed by atoms with Crippen LogP contribution in [0.1, 0.15) is 32.3 Å². The molecule has 1 aliphatic rings. The van der Waals surface area contributed by atoms with Crippen LogP contribution in [0.4, 0.5) is 0 Å². The van der Waals surface area contributed by atoms with Crippen LogP contribution in [0.2, 0.25) is 0 Å². The zero-order valence-corrected chi connectivity index (χ0v) is 11.7. The van der Waals surface area contributed by atoms with Crippen molar-refractivity contribution in [1.82, 2.24) is 0 Å². The Bertz CT molecular complexity index is 407. The number of aryl methyl sites for hydroxylation is 1. The van der Waals surface area contributed by atoms with Gasteiger partial charge in [0.15, 0.2) is 5.79 Å². The predicted octanol–water partition coefficient (Wildman–Crippen LogP) is 2.98. The Hall–Kier alpha value is -1.19. The van der Waals surface area contributed by atoms with Crippen LogP contribution in [-0.4, -0.2) is 24.8 Å². The fraction of sp³-hybridized carbons (Fsp3) is 0.562. The van der Waals surface area contributed by atoms with Crippen LogP contribution in [0.25, 0.3) is 0 Å². The highest BCUT2D eigenvalue weighted by Gasteiger charge is 2.44. The average Bonchev–Trinajstić information content (AvgIpc) is 2.94. The third kappa shape index (κ3) is 3.23. The highest BCUT2D eigenvalue weighted by molar-refractivity contribution is 5.81. The molecule has 104 valence electrons. The molecule has 2 rings (SSSR count). The lowest BCUT2D eigenvalue weighted by atomic mass is 9.89. The lowest BCUT2D eigenvalue weighted by Gasteiger charge is -2.32. The van der Waals surface area contributed by atoms with E-state index in [1.54, 1.807) is 0 Å². The van der Waals surface area contributed by atoms with Crippen LogP contribution in [0.3, 0.4) is 0 Å². The van der Waals surface area contributed by atoms with E-state index in [1.807, 2.05) is 32.0 Å². The third-order valence-corrected chi connectivity index (χ3v) is 3.87. The highest BCUT2D eigenvalue weighted by atomic mass is 16.7. The summed E-state index contributed by atoms with van der Waals surface area (Å²) >= 11 is 0. The van der Waals surface area contributed by atoms with Gasteiger partial charge < -0.3 is 9.47 Å². The van der Waals surface area contributed by atoms with Gasteiger partial charge in [0.2, 0.25) is 0 Å². The Morgan fingerprint density at radius 2 is 1.89 bits per heavy atom. The Kier molecular flexibility index (Phi) is 4.72. The topological polar surface area (TPSA) is 35.5 Å². The molecule has 1 fully saturated rings. The van der Waals surface area contributed by atoms with Gasteiger partial charge in [-0.25, -0.2) is 0 Å². The summed E-state index contributed by atoms with van der Waals surface area (Å²) in [6.07, 6.45) is 2.12. The van der Waals surface area contributed by atoms with Gasteiger partial charge in [-0.05, 0) is 12.0 Å². The standard InChI is InChI=1S/C16H22O3/c1-3-15(17)13(2)16(18-11-12-19-16)10-9-14-7-5-4-6-8-14/h4-8,13H,3,9-12H2,1-2H3. The SMILES string of the molecule is CCC(=O)C(C)C1(CCc2ccccc2)OCCO1. The summed E-state index contributed by atoms with van der Waals surface area (Å²) in [5.41, 5.74) is 1.25. The quantitative estimate of drug-likeness (QED) is 0.790. The van der Waals surface area contributed by atoms with Gasteiger partial charge in [-0.2, -0.15) is 0 Å². The minimum absolute atomic E-state index is 0.204. The number of hydrogen-bond donors (Lipinski definition) is 0. The van der Waals surface area contributed by atoms with Gasteiger partial charge in [0.05, 0.1) is 19.1 Å². The molecule has 0 radical (unpaired) electrons. The molecule has 0 N–H and O–H groups in total. The number of ether oxygens (including phenoxy) is 2. The van der Waals surface area contributed by atoms with Crippen molar-refractivity contribution in [3.05, 3.63) is 35.9 Å². The minimum atomic E-state index is -0.719. The van der Waals surface area contributed by atoms with Gasteiger partial charge in [0.1, 0.15) is 5.78 Å². The number of benzene rings is 1. The molecule has 19 heavy (non-hydrogen) atoms. The molecule has 0 amide bonds. The summed E-state index contributed by atoms with van der Waals surface area (Å²) in [6.45, 7) is 4.97. The van der Waals surface area contributed by atoms with E-state index in [0.29, 0.717) is 19.6 Å². The number of ketones is 1. The van der Waals surface area contributed by atoms with Gasteiger partial charge in [-0.1, -0.05) is 44.2 Å². The van der Waals surface area contributed by atoms with Crippen molar-refractivity contribution in [3.63, 3.8) is 0 Å². The number of Topliss-reactive ketones (excluding diaryl/α,β-unsaturated/α-hetero) is 1. The molecule has 1 aromatic rings. The minimum Gasteiger partial charge on any atom is -0.347 e. The Morgan fingerprint density at radius 3 is 2.47 bits per heavy atom. The van der Waals surface area contributed by atoms with E-state index in [-0.39, 0.29) is 11.7 Å². The average molecular weight is 262 g/mol. The van der Waals surface area contributed by atoms with E-state index >= 15 is 0 Å². The lowest BCUT2D eigenvalue weighted by molar-refractivity contribution is -0.197. The Morgan fingerprint density at radius 1 is 1.26 bits per heavy atom. The number of carbonyl (C=O) groups excluding carboxylic acids is 1. The first-order valence-corrected chi connectivity index (χ1v) is 7.02. The maximum absolute atomic E-state index is 12.0. The highest BCUT2D eigenvalue weighted by Crippen LogP contribution is 2.34. The lowest BCUT2D eigenvalue weighted by Crippen LogP contribution is -2.42. The van der Waals surface area contributed by atoms with Crippen LogP contribution >= 0.6 is 0 Å². The first-order valence-electron chi connectivity index (χ1n) is 7.02. The van der Waals surface area contributed by atoms with Crippen molar-refractivity contribution in [2.45, 2.75) is 38.9 Å². The molecule has 0 bridgehead atoms. The maximum atomic E-state index is 12.0. The summed E-state index contributed by atoms with van der Waals surface area (Å²) in [5, 5.41) is 0. The third-order valence-electron chi connectivity index (χ3n) is 3.87. The molecule has 3 heteroatoms. The Balaban J connectivity index is 2.05. The van der Waals surface area contributed by atoms with E-state index in [2.05, 4.69) is 12.1 Å². The summed E-state index contributed by atoms with van der Waals surface area (Å²) in [6, 6.07) is 10.2. The van der Waals surface area contributed by atoms with Crippen molar-refractivity contribution >= 4 is 5.78 Å². The summed E-state index contributed by atoms with van der Waals surface area (Å²) < 4.78 is 11.6. The molecule has 0 saturated carbocycles. The molecule has 0 spiro atoms. The van der Waals surface area contributed by atoms with Crippen LogP contribution in [-0.2, 0) is 20.7 Å². The first kappa shape index (κ1) is 14.2. The molecule has 1 atom stereocenters. The molecule has 1 heterocycles. The fourth-order valence-electron chi connectivity index (χ4n) is 2.60. The molecule has 0 aliphatic carbocycles. The predicted molar refractivity (Wildman–Crippen MR) is 73.9 cm³/mol. The zero-order chi connectivity index (χ0) is 13.7. The molecule has 1 aromatic carbocycles. The molecule has 3 nitrogen and oxygen atoms in total. The van der Waals surface area contributed by atoms with E-state index in [9.17, 15) is 4.79 Å². The van der Waals surface area contributed by atoms with Gasteiger partial charge in [0, 0.05) is 12.8 Å². The normalized spacial score (nSPS) is 19.3. The number of hydrogen-bond acceptors (Lipinski definition) is 3. The summed E-state index contributed by atoms with van der Waals surface area (Å²) in [5.74, 6) is -0.721. The van der Waals surface area contributed by atoms with E-state index < -0.39 is 5.79 Å². The van der Waals surface area contributed by atoms with Crippen LogP contribution in [0, 0.1) is 5.92 Å². The van der Waals surface area contributed by atoms with Crippen LogP contribution in [0.15, 0.2) is 30.3 Å². The summed E-state index contributed by atoms with van der Waals surface area (Å²) in [4.78, 5) is 12.0. The molecular weight excluding hydrogens is 240 g/mol. The van der Waals surface area contributed by atoms with Gasteiger partial charge >= 0.3 is 0 Å². The van der Waals surface area contributed by atoms with E-state index in [1.165, 1.54) is 5.56 Å². The molecule has 1 aliphatic heterocycles. The van der Waals surface area contributed by atoms with Crippen molar-refractivity contribution < 1.29 is 14.3 Å². The van der Waals surface area contributed by atoms with Crippen LogP contribution in [0.5, 0.6) is 0 Å². The Labute approximate surface area is 114 Å². The molecular formula is C16H22O3. The largest absolute Gasteiger partial charge is 0.347 e. The van der Waals surface area contributed by atoms with Gasteiger partial charge in [-0.3, -0.25) is 4.79 Å². The van der Waals surface area contributed by atoms with Crippen molar-refractivity contribution in [2.75, 3.05) is 13.2 Å². The monoisotopic (exact) mass is 262 g/mol. The number of rotatable bonds is 6. The van der Waals surface area contributed by atoms with Gasteiger partial charge in [0.25, 0.3) is 0 Å². The zero-order valence-electron chi connectivity index (χ0n) is 11.7. The second-order valence-electron chi connectivity index (χ2n) is 5.04. The number of carbonyl (C=O) groups is 1. The second kappa shape index (κ2) is 6.31. The van der Waals surface area contributed by atoms with Crippen molar-refractivity contribution in [2.24, 2.45) is 5.92 Å². The van der Waals surface area contributed by atoms with Crippen LogP contribution < -0.4 is 0 Å². The van der Waals surface area contributed by atoms with E-state index in [0.717, 1.165) is 12.8 Å². The molecule has 1 saturated heterocycles. The smallest absolute Gasteiger partial charge is 0.178 e. The van der Waals surface area contributed by atoms with Crippen molar-refractivity contribution in [1.29, 1.82) is 0 Å². The van der Waals surface area contributed by atoms with Gasteiger partial charge in [-0.15, -0.1) is 0 Å². The van der Waals surface area contributed by atoms with E-state index in [4.69, 9.17) is 9.47 Å². The summed E-state index contributed by atoms with van der Waals surface area (Å²) in [7, 11) is 0. The second-order valence-corrected chi connectivity index (χ2v) is 5.04. The van der Waals surface area contributed by atoms with Crippen molar-refractivity contribution in [3.8, 4) is 0 Å². The molecule has 1 unspecified atom stereocenters. The molecule has 0 aromatic heterocycles.